The third kappa shape index (κ3) is 1.94. The molecule has 0 aromatic carbocycles. The van der Waals surface area contributed by atoms with Crippen LogP contribution in [0.3, 0.4) is 0 Å². The Morgan fingerprint density at radius 1 is 1.60 bits per heavy atom. The molecular formula is C8H16FN. The monoisotopic (exact) mass is 145 g/mol. The molecule has 1 saturated carbocycles. The summed E-state index contributed by atoms with van der Waals surface area (Å²) in [5.41, 5.74) is 5.39. The summed E-state index contributed by atoms with van der Waals surface area (Å²) in [6.07, 6.45) is 3.64. The predicted octanol–water partition coefficient (Wildman–Crippen LogP) is 1.86. The second kappa shape index (κ2) is 3.33. The van der Waals surface area contributed by atoms with E-state index in [2.05, 4.69) is 0 Å². The summed E-state index contributed by atoms with van der Waals surface area (Å²) in [5.74, 6) is 0.640. The zero-order chi connectivity index (χ0) is 7.56. The van der Waals surface area contributed by atoms with Crippen LogP contribution in [0.2, 0.25) is 0 Å². The Hall–Kier alpha value is -0.110. The van der Waals surface area contributed by atoms with Gasteiger partial charge in [-0.25, -0.2) is 4.39 Å². The smallest absolute Gasteiger partial charge is 0.115 e. The van der Waals surface area contributed by atoms with Crippen molar-refractivity contribution in [1.29, 1.82) is 0 Å². The molecule has 2 unspecified atom stereocenters. The number of hydrogen-bond acceptors (Lipinski definition) is 1. The van der Waals surface area contributed by atoms with Gasteiger partial charge in [-0.05, 0) is 19.3 Å². The van der Waals surface area contributed by atoms with Crippen LogP contribution in [0.5, 0.6) is 0 Å². The van der Waals surface area contributed by atoms with Crippen molar-refractivity contribution in [3.8, 4) is 0 Å². The van der Waals surface area contributed by atoms with E-state index in [-0.39, 0.29) is 6.04 Å². The van der Waals surface area contributed by atoms with Gasteiger partial charge in [0.15, 0.2) is 0 Å². The molecule has 0 radical (unpaired) electrons. The molecule has 0 bridgehead atoms. The SMILES string of the molecule is CC(N)C(F)CC1CCC1. The van der Waals surface area contributed by atoms with Crippen LogP contribution >= 0.6 is 0 Å². The number of alkyl halides is 1. The number of rotatable bonds is 3. The van der Waals surface area contributed by atoms with Crippen molar-refractivity contribution < 1.29 is 4.39 Å². The maximum atomic E-state index is 12.9. The van der Waals surface area contributed by atoms with Gasteiger partial charge in [-0.2, -0.15) is 0 Å². The van der Waals surface area contributed by atoms with Crippen molar-refractivity contribution in [2.75, 3.05) is 0 Å². The summed E-state index contributed by atoms with van der Waals surface area (Å²) in [6, 6.07) is -0.277. The molecule has 2 heteroatoms. The molecule has 10 heavy (non-hydrogen) atoms. The first kappa shape index (κ1) is 7.99. The second-order valence-electron chi connectivity index (χ2n) is 3.41. The van der Waals surface area contributed by atoms with Gasteiger partial charge in [-0.15, -0.1) is 0 Å². The fraction of sp³-hybridized carbons (Fsp3) is 1.00. The molecule has 1 fully saturated rings. The van der Waals surface area contributed by atoms with E-state index in [1.165, 1.54) is 19.3 Å². The molecule has 1 nitrogen and oxygen atoms in total. The van der Waals surface area contributed by atoms with Gasteiger partial charge in [-0.1, -0.05) is 19.3 Å². The van der Waals surface area contributed by atoms with E-state index in [4.69, 9.17) is 5.73 Å². The van der Waals surface area contributed by atoms with Gasteiger partial charge in [0.1, 0.15) is 6.17 Å². The summed E-state index contributed by atoms with van der Waals surface area (Å²) in [7, 11) is 0. The summed E-state index contributed by atoms with van der Waals surface area (Å²) >= 11 is 0. The summed E-state index contributed by atoms with van der Waals surface area (Å²) < 4.78 is 12.9. The summed E-state index contributed by atoms with van der Waals surface area (Å²) in [4.78, 5) is 0. The van der Waals surface area contributed by atoms with Crippen molar-refractivity contribution >= 4 is 0 Å². The van der Waals surface area contributed by atoms with Crippen LogP contribution in [-0.2, 0) is 0 Å². The second-order valence-corrected chi connectivity index (χ2v) is 3.41. The first-order chi connectivity index (χ1) is 4.70. The van der Waals surface area contributed by atoms with E-state index in [9.17, 15) is 4.39 Å². The molecule has 1 aliphatic carbocycles. The maximum Gasteiger partial charge on any atom is 0.115 e. The van der Waals surface area contributed by atoms with Gasteiger partial charge in [-0.3, -0.25) is 0 Å². The molecule has 1 rings (SSSR count). The van der Waals surface area contributed by atoms with E-state index >= 15 is 0 Å². The van der Waals surface area contributed by atoms with Crippen LogP contribution in [-0.4, -0.2) is 12.2 Å². The molecule has 0 aromatic rings. The lowest BCUT2D eigenvalue weighted by Gasteiger charge is -2.27. The Labute approximate surface area is 61.8 Å². The lowest BCUT2D eigenvalue weighted by molar-refractivity contribution is 0.186. The minimum Gasteiger partial charge on any atom is -0.325 e. The highest BCUT2D eigenvalue weighted by molar-refractivity contribution is 4.76. The van der Waals surface area contributed by atoms with Gasteiger partial charge in [0, 0.05) is 6.04 Å². The molecule has 2 atom stereocenters. The first-order valence-corrected chi connectivity index (χ1v) is 4.10. The van der Waals surface area contributed by atoms with Crippen LogP contribution < -0.4 is 5.73 Å². The fourth-order valence-corrected chi connectivity index (χ4v) is 1.26. The van der Waals surface area contributed by atoms with E-state index in [1.807, 2.05) is 0 Å². The summed E-state index contributed by atoms with van der Waals surface area (Å²) in [6.45, 7) is 1.74. The fourth-order valence-electron chi connectivity index (χ4n) is 1.26. The van der Waals surface area contributed by atoms with Gasteiger partial charge >= 0.3 is 0 Å². The van der Waals surface area contributed by atoms with Gasteiger partial charge in [0.2, 0.25) is 0 Å². The molecule has 1 aliphatic rings. The number of nitrogens with two attached hydrogens (primary N) is 1. The zero-order valence-electron chi connectivity index (χ0n) is 6.52. The molecule has 0 heterocycles. The molecule has 0 aliphatic heterocycles. The third-order valence-corrected chi connectivity index (χ3v) is 2.35. The Balaban J connectivity index is 2.10. The molecular weight excluding hydrogens is 129 g/mol. The lowest BCUT2D eigenvalue weighted by atomic mass is 9.81. The quantitative estimate of drug-likeness (QED) is 0.644. The van der Waals surface area contributed by atoms with E-state index < -0.39 is 6.17 Å². The highest BCUT2D eigenvalue weighted by atomic mass is 19.1. The minimum absolute atomic E-state index is 0.277. The third-order valence-electron chi connectivity index (χ3n) is 2.35. The van der Waals surface area contributed by atoms with Crippen LogP contribution in [0, 0.1) is 5.92 Å². The average molecular weight is 145 g/mol. The Bertz CT molecular complexity index is 99.4. The van der Waals surface area contributed by atoms with Crippen LogP contribution in [0.1, 0.15) is 32.6 Å². The van der Waals surface area contributed by atoms with Crippen molar-refractivity contribution in [3.05, 3.63) is 0 Å². The Kier molecular flexibility index (Phi) is 2.66. The number of hydrogen-bond donors (Lipinski definition) is 1. The van der Waals surface area contributed by atoms with Crippen LogP contribution in [0.15, 0.2) is 0 Å². The zero-order valence-corrected chi connectivity index (χ0v) is 6.52. The molecule has 0 amide bonds. The molecule has 0 spiro atoms. The normalized spacial score (nSPS) is 25.5. The van der Waals surface area contributed by atoms with E-state index in [0.717, 1.165) is 0 Å². The predicted molar refractivity (Wildman–Crippen MR) is 40.5 cm³/mol. The van der Waals surface area contributed by atoms with Gasteiger partial charge < -0.3 is 5.73 Å². The van der Waals surface area contributed by atoms with Gasteiger partial charge in [0.05, 0.1) is 0 Å². The topological polar surface area (TPSA) is 26.0 Å². The van der Waals surface area contributed by atoms with Crippen LogP contribution in [0.25, 0.3) is 0 Å². The Morgan fingerprint density at radius 2 is 2.20 bits per heavy atom. The average Bonchev–Trinajstić information content (AvgIpc) is 1.77. The highest BCUT2D eigenvalue weighted by Gasteiger charge is 2.23. The lowest BCUT2D eigenvalue weighted by Crippen LogP contribution is -2.31. The molecule has 0 aromatic heterocycles. The standard InChI is InChI=1S/C8H16FN/c1-6(10)8(9)5-7-3-2-4-7/h6-8H,2-5,10H2,1H3. The largest absolute Gasteiger partial charge is 0.325 e. The summed E-state index contributed by atoms with van der Waals surface area (Å²) in [5, 5.41) is 0. The Morgan fingerprint density at radius 3 is 2.50 bits per heavy atom. The van der Waals surface area contributed by atoms with Gasteiger partial charge in [0.25, 0.3) is 0 Å². The van der Waals surface area contributed by atoms with E-state index in [1.54, 1.807) is 6.92 Å². The molecule has 0 saturated heterocycles. The van der Waals surface area contributed by atoms with Crippen molar-refractivity contribution in [1.82, 2.24) is 0 Å². The maximum absolute atomic E-state index is 12.9. The van der Waals surface area contributed by atoms with Crippen LogP contribution in [0.4, 0.5) is 4.39 Å². The molecule has 2 N–H and O–H groups in total. The highest BCUT2D eigenvalue weighted by Crippen LogP contribution is 2.31. The minimum atomic E-state index is -0.773. The first-order valence-electron chi connectivity index (χ1n) is 4.10. The van der Waals surface area contributed by atoms with E-state index in [0.29, 0.717) is 12.3 Å². The van der Waals surface area contributed by atoms with Crippen molar-refractivity contribution in [2.45, 2.75) is 44.8 Å². The number of halogens is 1. The van der Waals surface area contributed by atoms with Crippen molar-refractivity contribution in [2.24, 2.45) is 11.7 Å². The molecule has 60 valence electrons. The van der Waals surface area contributed by atoms with Crippen molar-refractivity contribution in [3.63, 3.8) is 0 Å².